The molecular formula is C43H63NO12. The van der Waals surface area contributed by atoms with Crippen molar-refractivity contribution in [3.63, 3.8) is 0 Å². The molecule has 5 heterocycles. The summed E-state index contributed by atoms with van der Waals surface area (Å²) in [5, 5.41) is 48.2. The van der Waals surface area contributed by atoms with Crippen molar-refractivity contribution in [2.24, 2.45) is 28.8 Å². The molecule has 0 aromatic carbocycles. The van der Waals surface area contributed by atoms with Gasteiger partial charge in [0.15, 0.2) is 12.1 Å². The normalized spacial score (nSPS) is 48.6. The summed E-state index contributed by atoms with van der Waals surface area (Å²) in [5.41, 5.74) is 0.169. The van der Waals surface area contributed by atoms with E-state index in [1.165, 1.54) is 6.42 Å². The number of aliphatic hydroxyl groups excluding tert-OH is 2. The average molecular weight is 786 g/mol. The minimum Gasteiger partial charge on any atom is -0.462 e. The number of methoxy groups -OCH3 is 1. The zero-order valence-corrected chi connectivity index (χ0v) is 33.7. The number of oxime groups is 1. The molecule has 15 unspecified atom stereocenters. The highest BCUT2D eigenvalue weighted by molar-refractivity contribution is 6.06. The fraction of sp³-hybridized carbons (Fsp3) is 0.767. The first-order valence-electron chi connectivity index (χ1n) is 20.8. The van der Waals surface area contributed by atoms with Crippen LogP contribution in [0.3, 0.4) is 0 Å². The molecule has 15 atom stereocenters. The number of fused-ring (bicyclic) bond motifs is 2. The Morgan fingerprint density at radius 2 is 1.77 bits per heavy atom. The first-order valence-corrected chi connectivity index (χ1v) is 20.8. The molecule has 5 aliphatic heterocycles. The lowest BCUT2D eigenvalue weighted by Gasteiger charge is -2.53. The summed E-state index contributed by atoms with van der Waals surface area (Å²) in [6.07, 6.45) is 10.6. The van der Waals surface area contributed by atoms with Crippen LogP contribution in [0.2, 0.25) is 0 Å². The maximum Gasteiger partial charge on any atom is 0.316 e. The van der Waals surface area contributed by atoms with Gasteiger partial charge >= 0.3 is 5.97 Å². The number of allylic oxidation sites excluding steroid dienone is 2. The van der Waals surface area contributed by atoms with E-state index in [2.05, 4.69) is 18.2 Å². The van der Waals surface area contributed by atoms with E-state index in [-0.39, 0.29) is 43.1 Å². The van der Waals surface area contributed by atoms with Crippen LogP contribution in [0.1, 0.15) is 98.8 Å². The van der Waals surface area contributed by atoms with Crippen LogP contribution in [0.15, 0.2) is 52.3 Å². The predicted molar refractivity (Wildman–Crippen MR) is 205 cm³/mol. The van der Waals surface area contributed by atoms with Crippen molar-refractivity contribution < 1.29 is 58.5 Å². The van der Waals surface area contributed by atoms with Gasteiger partial charge < -0.3 is 53.7 Å². The second-order valence-electron chi connectivity index (χ2n) is 17.5. The zero-order valence-electron chi connectivity index (χ0n) is 33.7. The van der Waals surface area contributed by atoms with Crippen LogP contribution >= 0.6 is 0 Å². The minimum absolute atomic E-state index is 0.00607. The molecule has 13 heteroatoms. The topological polar surface area (TPSA) is 175 Å². The maximum absolute atomic E-state index is 14.4. The molecule has 5 fully saturated rings. The van der Waals surface area contributed by atoms with E-state index in [4.69, 9.17) is 33.2 Å². The molecule has 2 bridgehead atoms. The Bertz CT molecular complexity index is 1590. The standard InChI is InChI=1S/C43H63NO12/c1-23-11-10-14-29-22-51-40-36(44-49)25(3)17-32(43(29,40)48)41(47)53-31-18-30(16-15-24(2)38(23)54-35-19-34(50-6)37(46)27(5)52-35)55-42(20-31)21-33(45)26(4)39(56-42)28-12-8-7-9-13-28/h10-11,14-15,17,23,26-28,30-35,37-40,45-46,48-49H,7-9,12-13,16,18-22H2,1-6H3/b11-10+,24-15+,29-14+,44-36+. The van der Waals surface area contributed by atoms with Crippen molar-refractivity contribution in [1.82, 2.24) is 0 Å². The van der Waals surface area contributed by atoms with E-state index < -0.39 is 78.4 Å². The smallest absolute Gasteiger partial charge is 0.316 e. The minimum atomic E-state index is -1.88. The van der Waals surface area contributed by atoms with Gasteiger partial charge in [-0.3, -0.25) is 4.79 Å². The second kappa shape index (κ2) is 17.0. The van der Waals surface area contributed by atoms with Crippen molar-refractivity contribution in [2.45, 2.75) is 171 Å². The zero-order chi connectivity index (χ0) is 39.9. The largest absolute Gasteiger partial charge is 0.462 e. The van der Waals surface area contributed by atoms with E-state index in [0.29, 0.717) is 36.3 Å². The van der Waals surface area contributed by atoms with Crippen molar-refractivity contribution >= 4 is 11.7 Å². The van der Waals surface area contributed by atoms with Gasteiger partial charge in [0.25, 0.3) is 0 Å². The van der Waals surface area contributed by atoms with Gasteiger partial charge in [0.05, 0.1) is 43.2 Å². The van der Waals surface area contributed by atoms with Crippen LogP contribution in [-0.4, -0.2) is 119 Å². The number of hydrogen-bond acceptors (Lipinski definition) is 13. The molecule has 1 spiro atoms. The predicted octanol–water partition coefficient (Wildman–Crippen LogP) is 5.04. The molecular weight excluding hydrogens is 722 g/mol. The fourth-order valence-corrected chi connectivity index (χ4v) is 10.4. The molecule has 312 valence electrons. The number of ether oxygens (including phenoxy) is 7. The lowest BCUT2D eigenvalue weighted by Crippen LogP contribution is -2.60. The fourth-order valence-electron chi connectivity index (χ4n) is 10.4. The third-order valence-corrected chi connectivity index (χ3v) is 13.7. The Hall–Kier alpha value is -2.46. The number of carbonyl (C=O) groups is 1. The number of hydrogen-bond donors (Lipinski definition) is 4. The lowest BCUT2D eigenvalue weighted by atomic mass is 9.71. The van der Waals surface area contributed by atoms with Crippen molar-refractivity contribution in [1.29, 1.82) is 0 Å². The second-order valence-corrected chi connectivity index (χ2v) is 17.5. The third kappa shape index (κ3) is 8.09. The molecule has 7 aliphatic rings. The molecule has 0 radical (unpaired) electrons. The number of esters is 1. The van der Waals surface area contributed by atoms with Crippen molar-refractivity contribution in [3.8, 4) is 0 Å². The van der Waals surface area contributed by atoms with Crippen LogP contribution in [0.4, 0.5) is 0 Å². The number of nitrogens with zero attached hydrogens (tertiary/aromatic N) is 1. The van der Waals surface area contributed by atoms with E-state index in [9.17, 15) is 25.3 Å². The van der Waals surface area contributed by atoms with Gasteiger partial charge in [0, 0.05) is 44.6 Å². The summed E-state index contributed by atoms with van der Waals surface area (Å²) in [6.45, 7) is 9.63. The Morgan fingerprint density at radius 1 is 1.00 bits per heavy atom. The monoisotopic (exact) mass is 785 g/mol. The molecule has 0 aromatic heterocycles. The summed E-state index contributed by atoms with van der Waals surface area (Å²) >= 11 is 0. The van der Waals surface area contributed by atoms with Crippen LogP contribution in [0.25, 0.3) is 0 Å². The molecule has 0 amide bonds. The van der Waals surface area contributed by atoms with Crippen LogP contribution in [-0.2, 0) is 38.0 Å². The molecule has 4 N–H and O–H groups in total. The summed E-state index contributed by atoms with van der Waals surface area (Å²) in [7, 11) is 1.57. The third-order valence-electron chi connectivity index (χ3n) is 13.7. The highest BCUT2D eigenvalue weighted by atomic mass is 16.7. The van der Waals surface area contributed by atoms with Crippen LogP contribution < -0.4 is 0 Å². The summed E-state index contributed by atoms with van der Waals surface area (Å²) in [5.74, 6) is -2.92. The van der Waals surface area contributed by atoms with Crippen LogP contribution in [0, 0.1) is 23.7 Å². The Balaban J connectivity index is 1.26. The molecule has 13 nitrogen and oxygen atoms in total. The lowest BCUT2D eigenvalue weighted by molar-refractivity contribution is -0.355. The van der Waals surface area contributed by atoms with E-state index in [1.54, 1.807) is 33.1 Å². The average Bonchev–Trinajstić information content (AvgIpc) is 3.51. The van der Waals surface area contributed by atoms with Gasteiger partial charge in [-0.25, -0.2) is 0 Å². The quantitative estimate of drug-likeness (QED) is 0.130. The van der Waals surface area contributed by atoms with E-state index in [0.717, 1.165) is 31.3 Å². The van der Waals surface area contributed by atoms with Gasteiger partial charge in [0.1, 0.15) is 35.5 Å². The molecule has 1 saturated carbocycles. The van der Waals surface area contributed by atoms with Crippen LogP contribution in [0.5, 0.6) is 0 Å². The highest BCUT2D eigenvalue weighted by Gasteiger charge is 2.60. The Kier molecular flexibility index (Phi) is 12.7. The van der Waals surface area contributed by atoms with Gasteiger partial charge in [-0.1, -0.05) is 68.6 Å². The Morgan fingerprint density at radius 3 is 2.50 bits per heavy atom. The molecule has 2 aliphatic carbocycles. The molecule has 0 aromatic rings. The SMILES string of the molecule is COC1CC(OC2/C(C)=C/CC3CC(CC4(CC(O)C(C)C(C5CCCCC5)O4)O3)OC(=O)C3C=C(C)/C(=N\O)C4OC/C(=C\C=C\C2C)C34O)OC(C)C1O. The summed E-state index contributed by atoms with van der Waals surface area (Å²) in [6, 6.07) is 0. The molecule has 4 saturated heterocycles. The number of aliphatic hydroxyl groups is 3. The van der Waals surface area contributed by atoms with E-state index >= 15 is 0 Å². The number of carbonyl (C=O) groups excluding carboxylic acids is 1. The number of rotatable bonds is 4. The van der Waals surface area contributed by atoms with Gasteiger partial charge in [0.2, 0.25) is 0 Å². The highest BCUT2D eigenvalue weighted by Crippen LogP contribution is 2.48. The molecule has 7 rings (SSSR count). The summed E-state index contributed by atoms with van der Waals surface area (Å²) in [4.78, 5) is 14.4. The van der Waals surface area contributed by atoms with E-state index in [1.807, 2.05) is 26.0 Å². The molecule has 56 heavy (non-hydrogen) atoms. The Labute approximate surface area is 330 Å². The first-order chi connectivity index (χ1) is 26.8. The summed E-state index contributed by atoms with van der Waals surface area (Å²) < 4.78 is 44.8. The first kappa shape index (κ1) is 41.7. The van der Waals surface area contributed by atoms with Crippen molar-refractivity contribution in [2.75, 3.05) is 13.7 Å². The van der Waals surface area contributed by atoms with Gasteiger partial charge in [-0.05, 0) is 62.7 Å². The van der Waals surface area contributed by atoms with Gasteiger partial charge in [-0.2, -0.15) is 0 Å². The van der Waals surface area contributed by atoms with Crippen molar-refractivity contribution in [3.05, 3.63) is 47.1 Å². The van der Waals surface area contributed by atoms with Gasteiger partial charge in [-0.15, -0.1) is 0 Å². The maximum atomic E-state index is 14.4.